The largest absolute Gasteiger partial charge is 0.313 e. The molecular formula is C16H24Cl2N2S. The van der Waals surface area contributed by atoms with E-state index in [1.54, 1.807) is 0 Å². The maximum atomic E-state index is 6.35. The van der Waals surface area contributed by atoms with Gasteiger partial charge in [0.1, 0.15) is 0 Å². The van der Waals surface area contributed by atoms with Gasteiger partial charge in [-0.15, -0.1) is 0 Å². The maximum Gasteiger partial charge on any atom is 0.0640 e. The van der Waals surface area contributed by atoms with Gasteiger partial charge >= 0.3 is 0 Å². The second kappa shape index (κ2) is 8.07. The zero-order chi connectivity index (χ0) is 15.4. The van der Waals surface area contributed by atoms with Gasteiger partial charge in [0.15, 0.2) is 0 Å². The van der Waals surface area contributed by atoms with Crippen LogP contribution in [0, 0.1) is 0 Å². The molecule has 5 heteroatoms. The molecule has 3 atom stereocenters. The summed E-state index contributed by atoms with van der Waals surface area (Å²) in [6, 6.07) is 6.75. The van der Waals surface area contributed by atoms with Crippen molar-refractivity contribution in [2.45, 2.75) is 37.6 Å². The molecule has 0 aromatic heterocycles. The van der Waals surface area contributed by atoms with Crippen molar-refractivity contribution in [1.29, 1.82) is 0 Å². The summed E-state index contributed by atoms with van der Waals surface area (Å²) in [5.74, 6) is 1.23. The van der Waals surface area contributed by atoms with Gasteiger partial charge in [-0.1, -0.05) is 42.3 Å². The van der Waals surface area contributed by atoms with Gasteiger partial charge < -0.3 is 5.32 Å². The Kier molecular flexibility index (Phi) is 6.70. The molecule has 21 heavy (non-hydrogen) atoms. The van der Waals surface area contributed by atoms with Crippen LogP contribution in [0.15, 0.2) is 18.2 Å². The number of benzene rings is 1. The SMILES string of the molecule is CNC(CCN1CCSC(C)C1C)c1cccc(Cl)c1Cl. The number of nitrogens with zero attached hydrogens (tertiary/aromatic N) is 1. The predicted octanol–water partition coefficient (Wildman–Crippen LogP) is 4.47. The summed E-state index contributed by atoms with van der Waals surface area (Å²) < 4.78 is 0. The van der Waals surface area contributed by atoms with Gasteiger partial charge in [0.2, 0.25) is 0 Å². The van der Waals surface area contributed by atoms with Crippen molar-refractivity contribution < 1.29 is 0 Å². The molecule has 1 fully saturated rings. The van der Waals surface area contributed by atoms with Crippen LogP contribution in [0.1, 0.15) is 31.9 Å². The highest BCUT2D eigenvalue weighted by atomic mass is 35.5. The first-order valence-corrected chi connectivity index (χ1v) is 9.32. The standard InChI is InChI=1S/C16H24Cl2N2S/c1-11-12(2)21-10-9-20(11)8-7-15(19-3)13-5-4-6-14(17)16(13)18/h4-6,11-12,15,19H,7-10H2,1-3H3. The first-order valence-electron chi connectivity index (χ1n) is 7.51. The molecule has 0 radical (unpaired) electrons. The third kappa shape index (κ3) is 4.29. The Labute approximate surface area is 142 Å². The first kappa shape index (κ1) is 17.4. The number of rotatable bonds is 5. The van der Waals surface area contributed by atoms with E-state index in [2.05, 4.69) is 41.9 Å². The van der Waals surface area contributed by atoms with Crippen LogP contribution in [0.2, 0.25) is 10.0 Å². The monoisotopic (exact) mass is 346 g/mol. The fourth-order valence-corrected chi connectivity index (χ4v) is 4.45. The molecule has 1 aromatic carbocycles. The Balaban J connectivity index is 2.01. The van der Waals surface area contributed by atoms with Crippen molar-refractivity contribution in [3.63, 3.8) is 0 Å². The lowest BCUT2D eigenvalue weighted by molar-refractivity contribution is 0.203. The molecule has 2 rings (SSSR count). The highest BCUT2D eigenvalue weighted by Crippen LogP contribution is 2.32. The lowest BCUT2D eigenvalue weighted by Crippen LogP contribution is -2.45. The molecule has 1 aliphatic heterocycles. The second-order valence-electron chi connectivity index (χ2n) is 5.63. The van der Waals surface area contributed by atoms with Crippen molar-refractivity contribution in [1.82, 2.24) is 10.2 Å². The van der Waals surface area contributed by atoms with Crippen LogP contribution in [0.25, 0.3) is 0 Å². The minimum Gasteiger partial charge on any atom is -0.313 e. The van der Waals surface area contributed by atoms with Crippen LogP contribution in [-0.2, 0) is 0 Å². The summed E-state index contributed by atoms with van der Waals surface area (Å²) in [5.41, 5.74) is 1.10. The van der Waals surface area contributed by atoms with E-state index < -0.39 is 0 Å². The topological polar surface area (TPSA) is 15.3 Å². The first-order chi connectivity index (χ1) is 10.0. The van der Waals surface area contributed by atoms with E-state index >= 15 is 0 Å². The Hall–Kier alpha value is 0.0700. The molecule has 0 aliphatic carbocycles. The van der Waals surface area contributed by atoms with Crippen molar-refractivity contribution in [2.24, 2.45) is 0 Å². The lowest BCUT2D eigenvalue weighted by atomic mass is 10.0. The quantitative estimate of drug-likeness (QED) is 0.846. The fraction of sp³-hybridized carbons (Fsp3) is 0.625. The zero-order valence-corrected chi connectivity index (χ0v) is 15.2. The van der Waals surface area contributed by atoms with E-state index in [1.165, 1.54) is 12.3 Å². The molecule has 118 valence electrons. The molecule has 2 nitrogen and oxygen atoms in total. The third-order valence-corrected chi connectivity index (χ3v) is 6.60. The van der Waals surface area contributed by atoms with Crippen LogP contribution in [-0.4, -0.2) is 42.1 Å². The Morgan fingerprint density at radius 1 is 1.38 bits per heavy atom. The van der Waals surface area contributed by atoms with Crippen molar-refractivity contribution in [3.05, 3.63) is 33.8 Å². The van der Waals surface area contributed by atoms with E-state index in [-0.39, 0.29) is 6.04 Å². The molecule has 1 saturated heterocycles. The Morgan fingerprint density at radius 2 is 2.14 bits per heavy atom. The molecule has 3 unspecified atom stereocenters. The Morgan fingerprint density at radius 3 is 2.86 bits per heavy atom. The van der Waals surface area contributed by atoms with Gasteiger partial charge in [0.25, 0.3) is 0 Å². The summed E-state index contributed by atoms with van der Waals surface area (Å²) in [7, 11) is 1.99. The lowest BCUT2D eigenvalue weighted by Gasteiger charge is -2.38. The summed E-state index contributed by atoms with van der Waals surface area (Å²) in [4.78, 5) is 2.59. The van der Waals surface area contributed by atoms with Crippen molar-refractivity contribution >= 4 is 35.0 Å². The number of hydrogen-bond acceptors (Lipinski definition) is 3. The summed E-state index contributed by atoms with van der Waals surface area (Å²) in [6.07, 6.45) is 1.04. The molecular weight excluding hydrogens is 323 g/mol. The van der Waals surface area contributed by atoms with E-state index in [4.69, 9.17) is 23.2 Å². The van der Waals surface area contributed by atoms with Crippen LogP contribution in [0.5, 0.6) is 0 Å². The molecule has 1 aromatic rings. The molecule has 1 heterocycles. The number of nitrogens with one attached hydrogen (secondary N) is 1. The maximum absolute atomic E-state index is 6.35. The third-order valence-electron chi connectivity index (χ3n) is 4.42. The van der Waals surface area contributed by atoms with Gasteiger partial charge in [-0.25, -0.2) is 0 Å². The van der Waals surface area contributed by atoms with Crippen molar-refractivity contribution in [3.8, 4) is 0 Å². The second-order valence-corrected chi connectivity index (χ2v) is 7.90. The van der Waals surface area contributed by atoms with Crippen LogP contribution < -0.4 is 5.32 Å². The van der Waals surface area contributed by atoms with Gasteiger partial charge in [0.05, 0.1) is 10.0 Å². The zero-order valence-electron chi connectivity index (χ0n) is 12.9. The molecule has 1 aliphatic rings. The molecule has 0 spiro atoms. The van der Waals surface area contributed by atoms with Gasteiger partial charge in [-0.3, -0.25) is 4.90 Å². The summed E-state index contributed by atoms with van der Waals surface area (Å²) >= 11 is 14.6. The predicted molar refractivity (Wildman–Crippen MR) is 95.8 cm³/mol. The average molecular weight is 347 g/mol. The normalized spacial score (nSPS) is 25.0. The number of halogens is 2. The summed E-state index contributed by atoms with van der Waals surface area (Å²) in [5, 5.41) is 5.39. The number of thioether (sulfide) groups is 1. The van der Waals surface area contributed by atoms with Gasteiger partial charge in [-0.05, 0) is 32.0 Å². The number of hydrogen-bond donors (Lipinski definition) is 1. The Bertz CT molecular complexity index is 470. The van der Waals surface area contributed by atoms with Crippen LogP contribution in [0.4, 0.5) is 0 Å². The van der Waals surface area contributed by atoms with E-state index in [0.717, 1.165) is 18.5 Å². The molecule has 0 amide bonds. The highest BCUT2D eigenvalue weighted by Gasteiger charge is 2.25. The molecule has 0 bridgehead atoms. The van der Waals surface area contributed by atoms with E-state index in [1.807, 2.05) is 19.2 Å². The average Bonchev–Trinajstić information content (AvgIpc) is 2.48. The van der Waals surface area contributed by atoms with Crippen LogP contribution >= 0.6 is 35.0 Å². The summed E-state index contributed by atoms with van der Waals surface area (Å²) in [6.45, 7) is 6.92. The molecule has 1 N–H and O–H groups in total. The van der Waals surface area contributed by atoms with E-state index in [9.17, 15) is 0 Å². The van der Waals surface area contributed by atoms with E-state index in [0.29, 0.717) is 21.3 Å². The van der Waals surface area contributed by atoms with Crippen molar-refractivity contribution in [2.75, 3.05) is 25.9 Å². The van der Waals surface area contributed by atoms with Gasteiger partial charge in [0, 0.05) is 36.2 Å². The minimum atomic E-state index is 0.244. The van der Waals surface area contributed by atoms with Gasteiger partial charge in [-0.2, -0.15) is 11.8 Å². The van der Waals surface area contributed by atoms with Crippen LogP contribution in [0.3, 0.4) is 0 Å². The highest BCUT2D eigenvalue weighted by molar-refractivity contribution is 8.00. The smallest absolute Gasteiger partial charge is 0.0640 e. The minimum absolute atomic E-state index is 0.244. The fourth-order valence-electron chi connectivity index (χ4n) is 2.85. The molecule has 0 saturated carbocycles.